The molecule has 0 aromatic heterocycles. The lowest BCUT2D eigenvalue weighted by atomic mass is 9.62. The molecule has 3 aromatic rings. The molecule has 0 spiro atoms. The monoisotopic (exact) mass is 314 g/mol. The number of hydrogen-bond acceptors (Lipinski definition) is 1. The zero-order valence-corrected chi connectivity index (χ0v) is 14.1. The molecule has 1 atom stereocenters. The van der Waals surface area contributed by atoms with Gasteiger partial charge in [0.1, 0.15) is 5.78 Å². The van der Waals surface area contributed by atoms with Crippen molar-refractivity contribution in [1.29, 1.82) is 0 Å². The van der Waals surface area contributed by atoms with E-state index in [1.165, 1.54) is 5.56 Å². The van der Waals surface area contributed by atoms with Crippen LogP contribution in [0.5, 0.6) is 0 Å². The van der Waals surface area contributed by atoms with Crippen LogP contribution in [0.1, 0.15) is 36.5 Å². The van der Waals surface area contributed by atoms with Crippen LogP contribution in [-0.4, -0.2) is 5.78 Å². The quantitative estimate of drug-likeness (QED) is 0.619. The van der Waals surface area contributed by atoms with Crippen molar-refractivity contribution in [1.82, 2.24) is 0 Å². The van der Waals surface area contributed by atoms with Crippen molar-refractivity contribution in [2.24, 2.45) is 0 Å². The lowest BCUT2D eigenvalue weighted by molar-refractivity contribution is -0.121. The van der Waals surface area contributed by atoms with Gasteiger partial charge in [-0.3, -0.25) is 4.79 Å². The van der Waals surface area contributed by atoms with Gasteiger partial charge in [0.05, 0.1) is 5.41 Å². The fraction of sp³-hybridized carbons (Fsp3) is 0.174. The molecular weight excluding hydrogens is 292 g/mol. The Morgan fingerprint density at radius 2 is 1.08 bits per heavy atom. The zero-order valence-electron chi connectivity index (χ0n) is 14.1. The summed E-state index contributed by atoms with van der Waals surface area (Å²) in [4.78, 5) is 13.1. The van der Waals surface area contributed by atoms with Gasteiger partial charge in [-0.25, -0.2) is 0 Å². The Labute approximate surface area is 144 Å². The van der Waals surface area contributed by atoms with Crippen LogP contribution in [0.2, 0.25) is 0 Å². The van der Waals surface area contributed by atoms with Crippen LogP contribution in [0.25, 0.3) is 0 Å². The molecule has 0 fully saturated rings. The molecule has 0 bridgehead atoms. The van der Waals surface area contributed by atoms with Gasteiger partial charge < -0.3 is 0 Å². The molecule has 0 radical (unpaired) electrons. The van der Waals surface area contributed by atoms with Gasteiger partial charge in [-0.1, -0.05) is 97.9 Å². The molecule has 3 rings (SSSR count). The number of ketones is 1. The molecule has 0 aliphatic carbocycles. The lowest BCUT2D eigenvalue weighted by Gasteiger charge is -2.38. The Morgan fingerprint density at radius 1 is 0.708 bits per heavy atom. The molecule has 0 saturated heterocycles. The number of Topliss-reactive ketones (excluding diaryl/α,β-unsaturated/α-hetero) is 1. The van der Waals surface area contributed by atoms with Crippen LogP contribution >= 0.6 is 0 Å². The zero-order chi connectivity index (χ0) is 17.0. The smallest absolute Gasteiger partial charge is 0.145 e. The van der Waals surface area contributed by atoms with E-state index in [4.69, 9.17) is 0 Å². The summed E-state index contributed by atoms with van der Waals surface area (Å²) in [5, 5.41) is 0. The second-order valence-electron chi connectivity index (χ2n) is 6.23. The molecule has 0 saturated carbocycles. The Kier molecular flexibility index (Phi) is 4.61. The van der Waals surface area contributed by atoms with Crippen molar-refractivity contribution in [3.05, 3.63) is 108 Å². The van der Waals surface area contributed by atoms with Crippen molar-refractivity contribution in [2.75, 3.05) is 0 Å². The standard InChI is InChI=1S/C23H22O/c1-18(20-12-6-3-7-13-20)23(19(2)24,21-14-8-4-9-15-21)22-16-10-5-11-17-22/h3-18H,1-2H3. The maximum Gasteiger partial charge on any atom is 0.145 e. The summed E-state index contributed by atoms with van der Waals surface area (Å²) < 4.78 is 0. The summed E-state index contributed by atoms with van der Waals surface area (Å²) in [5.41, 5.74) is 2.56. The molecule has 0 aliphatic rings. The summed E-state index contributed by atoms with van der Waals surface area (Å²) in [6, 6.07) is 30.6. The van der Waals surface area contributed by atoms with Gasteiger partial charge in [-0.2, -0.15) is 0 Å². The Bertz CT molecular complexity index is 752. The van der Waals surface area contributed by atoms with Crippen molar-refractivity contribution in [3.8, 4) is 0 Å². The van der Waals surface area contributed by atoms with E-state index < -0.39 is 5.41 Å². The van der Waals surface area contributed by atoms with Crippen LogP contribution < -0.4 is 0 Å². The molecule has 120 valence electrons. The molecule has 0 N–H and O–H groups in total. The number of hydrogen-bond donors (Lipinski definition) is 0. The van der Waals surface area contributed by atoms with Gasteiger partial charge in [0.2, 0.25) is 0 Å². The third-order valence-electron chi connectivity index (χ3n) is 4.96. The predicted molar refractivity (Wildman–Crippen MR) is 99.2 cm³/mol. The van der Waals surface area contributed by atoms with Gasteiger partial charge in [0.15, 0.2) is 0 Å². The van der Waals surface area contributed by atoms with Gasteiger partial charge >= 0.3 is 0 Å². The molecule has 1 unspecified atom stereocenters. The average molecular weight is 314 g/mol. The van der Waals surface area contributed by atoms with E-state index in [1.54, 1.807) is 6.92 Å². The summed E-state index contributed by atoms with van der Waals surface area (Å²) in [7, 11) is 0. The van der Waals surface area contributed by atoms with Gasteiger partial charge in [0.25, 0.3) is 0 Å². The predicted octanol–water partition coefficient (Wildman–Crippen LogP) is 5.37. The number of benzene rings is 3. The first kappa shape index (κ1) is 16.2. The van der Waals surface area contributed by atoms with E-state index >= 15 is 0 Å². The van der Waals surface area contributed by atoms with E-state index in [0.29, 0.717) is 0 Å². The number of carbonyl (C=O) groups is 1. The van der Waals surface area contributed by atoms with Crippen LogP contribution in [0.3, 0.4) is 0 Å². The van der Waals surface area contributed by atoms with E-state index in [0.717, 1.165) is 11.1 Å². The fourth-order valence-electron chi connectivity index (χ4n) is 3.77. The molecule has 3 aromatic carbocycles. The van der Waals surface area contributed by atoms with Crippen LogP contribution in [0, 0.1) is 0 Å². The van der Waals surface area contributed by atoms with Gasteiger partial charge in [-0.15, -0.1) is 0 Å². The molecule has 0 heterocycles. The first-order chi connectivity index (χ1) is 11.7. The SMILES string of the molecule is CC(=O)C(c1ccccc1)(c1ccccc1)C(C)c1ccccc1. The molecule has 1 heteroatoms. The van der Waals surface area contributed by atoms with Crippen molar-refractivity contribution in [3.63, 3.8) is 0 Å². The molecule has 24 heavy (non-hydrogen) atoms. The summed E-state index contributed by atoms with van der Waals surface area (Å²) in [6.45, 7) is 3.86. The first-order valence-electron chi connectivity index (χ1n) is 8.34. The third kappa shape index (κ3) is 2.67. The fourth-order valence-corrected chi connectivity index (χ4v) is 3.77. The third-order valence-corrected chi connectivity index (χ3v) is 4.96. The van der Waals surface area contributed by atoms with Crippen molar-refractivity contribution >= 4 is 5.78 Å². The summed E-state index contributed by atoms with van der Waals surface area (Å²) in [5.74, 6) is 0.192. The van der Waals surface area contributed by atoms with Crippen LogP contribution in [0.15, 0.2) is 91.0 Å². The summed E-state index contributed by atoms with van der Waals surface area (Å²) >= 11 is 0. The highest BCUT2D eigenvalue weighted by Gasteiger charge is 2.44. The molecule has 0 amide bonds. The van der Waals surface area contributed by atoms with Gasteiger partial charge in [0, 0.05) is 5.92 Å². The Morgan fingerprint density at radius 3 is 1.46 bits per heavy atom. The first-order valence-corrected chi connectivity index (χ1v) is 8.34. The minimum Gasteiger partial charge on any atom is -0.299 e. The van der Waals surface area contributed by atoms with Crippen LogP contribution in [0.4, 0.5) is 0 Å². The largest absolute Gasteiger partial charge is 0.299 e. The summed E-state index contributed by atoms with van der Waals surface area (Å²) in [6.07, 6.45) is 0. The maximum atomic E-state index is 13.1. The van der Waals surface area contributed by atoms with E-state index in [1.807, 2.05) is 54.6 Å². The molecule has 1 nitrogen and oxygen atoms in total. The number of carbonyl (C=O) groups excluding carboxylic acids is 1. The second-order valence-corrected chi connectivity index (χ2v) is 6.23. The van der Waals surface area contributed by atoms with Crippen LogP contribution in [-0.2, 0) is 10.2 Å². The minimum atomic E-state index is -0.691. The lowest BCUT2D eigenvalue weighted by Crippen LogP contribution is -2.40. The molecular formula is C23H22O. The Hall–Kier alpha value is -2.67. The van der Waals surface area contributed by atoms with E-state index in [9.17, 15) is 4.79 Å². The number of rotatable bonds is 5. The highest BCUT2D eigenvalue weighted by molar-refractivity contribution is 5.93. The maximum absolute atomic E-state index is 13.1. The van der Waals surface area contributed by atoms with Crippen molar-refractivity contribution in [2.45, 2.75) is 25.2 Å². The minimum absolute atomic E-state index is 0.0287. The second kappa shape index (κ2) is 6.84. The molecule has 0 aliphatic heterocycles. The topological polar surface area (TPSA) is 17.1 Å². The van der Waals surface area contributed by atoms with E-state index in [-0.39, 0.29) is 11.7 Å². The Balaban J connectivity index is 2.29. The highest BCUT2D eigenvalue weighted by atomic mass is 16.1. The van der Waals surface area contributed by atoms with Crippen molar-refractivity contribution < 1.29 is 4.79 Å². The highest BCUT2D eigenvalue weighted by Crippen LogP contribution is 2.45. The van der Waals surface area contributed by atoms with E-state index in [2.05, 4.69) is 43.3 Å². The van der Waals surface area contributed by atoms with Gasteiger partial charge in [-0.05, 0) is 23.6 Å². The average Bonchev–Trinajstić information content (AvgIpc) is 2.64. The normalized spacial score (nSPS) is 12.6.